The van der Waals surface area contributed by atoms with Gasteiger partial charge in [0.25, 0.3) is 0 Å². The molecule has 0 amide bonds. The van der Waals surface area contributed by atoms with Crippen molar-refractivity contribution in [2.75, 3.05) is 6.61 Å². The third-order valence-corrected chi connectivity index (χ3v) is 3.76. The Kier molecular flexibility index (Phi) is 4.92. The zero-order valence-corrected chi connectivity index (χ0v) is 13.1. The third-order valence-electron chi connectivity index (χ3n) is 3.51. The molecule has 6 nitrogen and oxygen atoms in total. The molecule has 1 atom stereocenters. The highest BCUT2D eigenvalue weighted by Gasteiger charge is 2.22. The number of benzene rings is 1. The summed E-state index contributed by atoms with van der Waals surface area (Å²) in [4.78, 5) is 16.2. The molecule has 1 unspecified atom stereocenters. The van der Waals surface area contributed by atoms with Gasteiger partial charge in [-0.15, -0.1) is 0 Å². The fraction of sp³-hybridized carbons (Fsp3) is 0.312. The molecule has 0 spiro atoms. The summed E-state index contributed by atoms with van der Waals surface area (Å²) in [5.74, 6) is -0.371. The van der Waals surface area contributed by atoms with E-state index in [-0.39, 0.29) is 5.97 Å². The molecule has 1 aliphatic heterocycles. The molecule has 0 saturated carbocycles. The highest BCUT2D eigenvalue weighted by Crippen LogP contribution is 2.24. The molecule has 0 bridgehead atoms. The van der Waals surface area contributed by atoms with E-state index in [1.165, 1.54) is 12.6 Å². The fourth-order valence-electron chi connectivity index (χ4n) is 2.30. The SMILES string of the molecule is O=C(OC(Cn1cncn1)c1ccc(Cl)cc1)C1=COCCC1. The Hall–Kier alpha value is -2.34. The van der Waals surface area contributed by atoms with Crippen molar-refractivity contribution in [3.8, 4) is 0 Å². The van der Waals surface area contributed by atoms with Crippen LogP contribution >= 0.6 is 11.6 Å². The smallest absolute Gasteiger partial charge is 0.337 e. The van der Waals surface area contributed by atoms with Crippen LogP contribution in [0.4, 0.5) is 0 Å². The first-order chi connectivity index (χ1) is 11.2. The van der Waals surface area contributed by atoms with Crippen LogP contribution in [0.1, 0.15) is 24.5 Å². The third kappa shape index (κ3) is 4.10. The lowest BCUT2D eigenvalue weighted by Gasteiger charge is -2.20. The Labute approximate surface area is 138 Å². The van der Waals surface area contributed by atoms with Gasteiger partial charge in [-0.05, 0) is 30.5 Å². The average Bonchev–Trinajstić information content (AvgIpc) is 3.09. The molecular weight excluding hydrogens is 318 g/mol. The molecule has 120 valence electrons. The maximum absolute atomic E-state index is 12.3. The van der Waals surface area contributed by atoms with Gasteiger partial charge in [0.05, 0.1) is 25.0 Å². The second-order valence-corrected chi connectivity index (χ2v) is 5.62. The minimum Gasteiger partial charge on any atom is -0.501 e. The average molecular weight is 334 g/mol. The van der Waals surface area contributed by atoms with Crippen molar-refractivity contribution >= 4 is 17.6 Å². The van der Waals surface area contributed by atoms with E-state index in [4.69, 9.17) is 21.1 Å². The number of hydrogen-bond acceptors (Lipinski definition) is 5. The largest absolute Gasteiger partial charge is 0.501 e. The van der Waals surface area contributed by atoms with Gasteiger partial charge < -0.3 is 9.47 Å². The van der Waals surface area contributed by atoms with Crippen molar-refractivity contribution in [1.29, 1.82) is 0 Å². The summed E-state index contributed by atoms with van der Waals surface area (Å²) in [7, 11) is 0. The van der Waals surface area contributed by atoms with E-state index in [1.807, 2.05) is 12.1 Å². The van der Waals surface area contributed by atoms with Crippen LogP contribution in [-0.2, 0) is 20.8 Å². The van der Waals surface area contributed by atoms with E-state index in [9.17, 15) is 4.79 Å². The molecule has 0 saturated heterocycles. The highest BCUT2D eigenvalue weighted by molar-refractivity contribution is 6.30. The fourth-order valence-corrected chi connectivity index (χ4v) is 2.43. The van der Waals surface area contributed by atoms with E-state index in [0.717, 1.165) is 12.0 Å². The number of carbonyl (C=O) groups is 1. The molecule has 1 aromatic heterocycles. The number of rotatable bonds is 5. The number of esters is 1. The predicted molar refractivity (Wildman–Crippen MR) is 83.6 cm³/mol. The summed E-state index contributed by atoms with van der Waals surface area (Å²) in [6.07, 6.45) is 5.51. The Bertz CT molecular complexity index is 683. The van der Waals surface area contributed by atoms with Crippen LogP contribution in [0.25, 0.3) is 0 Å². The summed E-state index contributed by atoms with van der Waals surface area (Å²) in [5.41, 5.74) is 1.39. The highest BCUT2D eigenvalue weighted by atomic mass is 35.5. The maximum Gasteiger partial charge on any atom is 0.337 e. The molecule has 0 N–H and O–H groups in total. The zero-order valence-electron chi connectivity index (χ0n) is 12.4. The Morgan fingerprint density at radius 1 is 1.39 bits per heavy atom. The van der Waals surface area contributed by atoms with E-state index in [2.05, 4.69) is 10.1 Å². The van der Waals surface area contributed by atoms with Gasteiger partial charge in [0.2, 0.25) is 0 Å². The first-order valence-corrected chi connectivity index (χ1v) is 7.69. The molecule has 0 fully saturated rings. The van der Waals surface area contributed by atoms with E-state index >= 15 is 0 Å². The first-order valence-electron chi connectivity index (χ1n) is 7.32. The molecule has 7 heteroatoms. The lowest BCUT2D eigenvalue weighted by Crippen LogP contribution is -2.20. The van der Waals surface area contributed by atoms with Crippen LogP contribution in [0.15, 0.2) is 48.8 Å². The molecule has 3 rings (SSSR count). The molecule has 0 radical (unpaired) electrons. The lowest BCUT2D eigenvalue weighted by molar-refractivity contribution is -0.146. The summed E-state index contributed by atoms with van der Waals surface area (Å²) < 4.78 is 12.5. The Morgan fingerprint density at radius 2 is 2.22 bits per heavy atom. The van der Waals surface area contributed by atoms with Gasteiger partial charge >= 0.3 is 5.97 Å². The van der Waals surface area contributed by atoms with E-state index in [0.29, 0.717) is 30.2 Å². The second-order valence-electron chi connectivity index (χ2n) is 5.18. The van der Waals surface area contributed by atoms with Gasteiger partial charge in [-0.3, -0.25) is 0 Å². The van der Waals surface area contributed by atoms with Gasteiger partial charge in [-0.1, -0.05) is 23.7 Å². The minimum atomic E-state index is -0.482. The molecule has 0 aliphatic carbocycles. The summed E-state index contributed by atoms with van der Waals surface area (Å²) in [5, 5.41) is 4.70. The number of nitrogens with zero attached hydrogens (tertiary/aromatic N) is 3. The molecule has 1 aromatic carbocycles. The van der Waals surface area contributed by atoms with Gasteiger partial charge in [-0.25, -0.2) is 14.5 Å². The van der Waals surface area contributed by atoms with Crippen molar-refractivity contribution < 1.29 is 14.3 Å². The van der Waals surface area contributed by atoms with Crippen molar-refractivity contribution in [3.63, 3.8) is 0 Å². The van der Waals surface area contributed by atoms with Crippen molar-refractivity contribution in [2.24, 2.45) is 0 Å². The van der Waals surface area contributed by atoms with Crippen LogP contribution in [0, 0.1) is 0 Å². The first kappa shape index (κ1) is 15.6. The van der Waals surface area contributed by atoms with Gasteiger partial charge in [0, 0.05) is 5.02 Å². The molecule has 23 heavy (non-hydrogen) atoms. The lowest BCUT2D eigenvalue weighted by atomic mass is 10.1. The Balaban J connectivity index is 1.78. The van der Waals surface area contributed by atoms with Gasteiger partial charge in [0.1, 0.15) is 18.8 Å². The van der Waals surface area contributed by atoms with E-state index in [1.54, 1.807) is 23.1 Å². The van der Waals surface area contributed by atoms with Crippen molar-refractivity contribution in [2.45, 2.75) is 25.5 Å². The van der Waals surface area contributed by atoms with Gasteiger partial charge in [0.15, 0.2) is 0 Å². The zero-order chi connectivity index (χ0) is 16.1. The molecular formula is C16H16ClN3O3. The number of halogens is 1. The second kappa shape index (κ2) is 7.28. The number of ether oxygens (including phenoxy) is 2. The number of aromatic nitrogens is 3. The van der Waals surface area contributed by atoms with Crippen molar-refractivity contribution in [3.05, 3.63) is 59.3 Å². The van der Waals surface area contributed by atoms with Crippen molar-refractivity contribution in [1.82, 2.24) is 14.8 Å². The quantitative estimate of drug-likeness (QED) is 0.787. The topological polar surface area (TPSA) is 66.2 Å². The maximum atomic E-state index is 12.3. The van der Waals surface area contributed by atoms with Crippen LogP contribution < -0.4 is 0 Å². The van der Waals surface area contributed by atoms with Crippen LogP contribution in [-0.4, -0.2) is 27.3 Å². The molecule has 2 aromatic rings. The standard InChI is InChI=1S/C16H16ClN3O3/c17-14-5-3-12(4-6-14)15(8-20-11-18-10-19-20)23-16(21)13-2-1-7-22-9-13/h3-6,9-11,15H,1-2,7-8H2. The predicted octanol–water partition coefficient (Wildman–Crippen LogP) is 2.91. The normalized spacial score (nSPS) is 15.4. The summed E-state index contributed by atoms with van der Waals surface area (Å²) >= 11 is 5.93. The Morgan fingerprint density at radius 3 is 2.87 bits per heavy atom. The van der Waals surface area contributed by atoms with Crippen LogP contribution in [0.5, 0.6) is 0 Å². The van der Waals surface area contributed by atoms with Gasteiger partial charge in [-0.2, -0.15) is 5.10 Å². The monoisotopic (exact) mass is 333 g/mol. The number of carbonyl (C=O) groups excluding carboxylic acids is 1. The molecule has 2 heterocycles. The summed E-state index contributed by atoms with van der Waals surface area (Å²) in [6, 6.07) is 7.20. The number of hydrogen-bond donors (Lipinski definition) is 0. The van der Waals surface area contributed by atoms with Crippen LogP contribution in [0.3, 0.4) is 0 Å². The molecule has 1 aliphatic rings. The summed E-state index contributed by atoms with van der Waals surface area (Å²) in [6.45, 7) is 1.01. The van der Waals surface area contributed by atoms with E-state index < -0.39 is 6.10 Å². The van der Waals surface area contributed by atoms with Crippen LogP contribution in [0.2, 0.25) is 5.02 Å². The minimum absolute atomic E-state index is 0.371.